The molecule has 0 aliphatic carbocycles. The lowest BCUT2D eigenvalue weighted by Crippen LogP contribution is -2.31. The summed E-state index contributed by atoms with van der Waals surface area (Å²) >= 11 is 0. The van der Waals surface area contributed by atoms with Crippen LogP contribution in [0.15, 0.2) is 24.3 Å². The van der Waals surface area contributed by atoms with Crippen LogP contribution in [0.1, 0.15) is 18.4 Å². The number of carbonyl (C=O) groups is 2. The first-order chi connectivity index (χ1) is 9.63. The van der Waals surface area contributed by atoms with Crippen molar-refractivity contribution in [3.05, 3.63) is 29.8 Å². The minimum atomic E-state index is -0.851. The molecule has 0 spiro atoms. The number of urea groups is 1. The topological polar surface area (TPSA) is 90.5 Å². The van der Waals surface area contributed by atoms with Crippen LogP contribution in [0.4, 0.5) is 10.5 Å². The Labute approximate surface area is 118 Å². The molecule has 0 aliphatic rings. The molecule has 0 bridgehead atoms. The smallest absolute Gasteiger partial charge is 0.319 e. The number of benzene rings is 1. The highest BCUT2D eigenvalue weighted by atomic mass is 16.4. The Balaban J connectivity index is 2.49. The number of hydrogen-bond acceptors (Lipinski definition) is 3. The van der Waals surface area contributed by atoms with Crippen molar-refractivity contribution in [1.82, 2.24) is 10.6 Å². The molecular weight excluding hydrogens is 258 g/mol. The zero-order valence-corrected chi connectivity index (χ0v) is 11.6. The normalized spacial score (nSPS) is 10.1. The highest BCUT2D eigenvalue weighted by molar-refractivity contribution is 5.90. The van der Waals surface area contributed by atoms with Crippen LogP contribution in [0, 0.1) is 0 Å². The lowest BCUT2D eigenvalue weighted by Gasteiger charge is -2.11. The second-order valence-corrected chi connectivity index (χ2v) is 4.39. The monoisotopic (exact) mass is 279 g/mol. The van der Waals surface area contributed by atoms with Gasteiger partial charge in [0.15, 0.2) is 0 Å². The third-order valence-corrected chi connectivity index (χ3v) is 2.76. The average Bonchev–Trinajstić information content (AvgIpc) is 2.42. The van der Waals surface area contributed by atoms with Gasteiger partial charge >= 0.3 is 12.0 Å². The Bertz CT molecular complexity index is 449. The quantitative estimate of drug-likeness (QED) is 0.542. The van der Waals surface area contributed by atoms with E-state index < -0.39 is 5.97 Å². The van der Waals surface area contributed by atoms with E-state index in [1.807, 2.05) is 19.2 Å². The molecule has 6 nitrogen and oxygen atoms in total. The average molecular weight is 279 g/mol. The maximum Gasteiger partial charge on any atom is 0.319 e. The van der Waals surface area contributed by atoms with Gasteiger partial charge in [0.05, 0.1) is 0 Å². The predicted molar refractivity (Wildman–Crippen MR) is 78.0 cm³/mol. The molecule has 1 aromatic rings. The summed E-state index contributed by atoms with van der Waals surface area (Å²) in [6.45, 7) is 1.43. The number of anilines is 1. The van der Waals surface area contributed by atoms with E-state index in [-0.39, 0.29) is 12.5 Å². The van der Waals surface area contributed by atoms with Gasteiger partial charge in [0.1, 0.15) is 0 Å². The van der Waals surface area contributed by atoms with E-state index in [0.29, 0.717) is 18.7 Å². The second kappa shape index (κ2) is 8.92. The molecule has 0 saturated carbocycles. The van der Waals surface area contributed by atoms with Crippen LogP contribution in [-0.4, -0.2) is 37.2 Å². The van der Waals surface area contributed by atoms with Crippen molar-refractivity contribution < 1.29 is 14.7 Å². The molecule has 4 N–H and O–H groups in total. The highest BCUT2D eigenvalue weighted by Gasteiger charge is 2.07. The lowest BCUT2D eigenvalue weighted by molar-refractivity contribution is -0.136. The summed E-state index contributed by atoms with van der Waals surface area (Å²) in [7, 11) is 1.86. The van der Waals surface area contributed by atoms with Gasteiger partial charge in [-0.3, -0.25) is 4.79 Å². The summed E-state index contributed by atoms with van der Waals surface area (Å²) in [5.41, 5.74) is 1.47. The molecule has 0 radical (unpaired) electrons. The molecule has 1 aromatic carbocycles. The van der Waals surface area contributed by atoms with Gasteiger partial charge in [0.2, 0.25) is 0 Å². The maximum absolute atomic E-state index is 11.7. The standard InChI is InChI=1S/C14H21N3O3/c1-15-9-4-10-16-14(20)17-12-6-3-2-5-11(12)7-8-13(18)19/h2-3,5-6,15H,4,7-10H2,1H3,(H,18,19)(H2,16,17,20). The van der Waals surface area contributed by atoms with Gasteiger partial charge < -0.3 is 21.1 Å². The second-order valence-electron chi connectivity index (χ2n) is 4.39. The number of para-hydroxylation sites is 1. The van der Waals surface area contributed by atoms with Crippen LogP contribution < -0.4 is 16.0 Å². The number of aliphatic carboxylic acids is 1. The van der Waals surface area contributed by atoms with Gasteiger partial charge in [-0.2, -0.15) is 0 Å². The van der Waals surface area contributed by atoms with Crippen LogP contribution >= 0.6 is 0 Å². The summed E-state index contributed by atoms with van der Waals surface area (Å²) in [5.74, 6) is -0.851. The molecular formula is C14H21N3O3. The van der Waals surface area contributed by atoms with E-state index in [9.17, 15) is 9.59 Å². The zero-order valence-electron chi connectivity index (χ0n) is 11.6. The Hall–Kier alpha value is -2.08. The van der Waals surface area contributed by atoms with Gasteiger partial charge in [-0.05, 0) is 38.1 Å². The van der Waals surface area contributed by atoms with Crippen LogP contribution in [0.5, 0.6) is 0 Å². The van der Waals surface area contributed by atoms with Gasteiger partial charge in [-0.25, -0.2) is 4.79 Å². The number of amides is 2. The van der Waals surface area contributed by atoms with Crippen LogP contribution in [0.3, 0.4) is 0 Å². The Morgan fingerprint density at radius 1 is 1.20 bits per heavy atom. The number of nitrogens with one attached hydrogen (secondary N) is 3. The fraction of sp³-hybridized carbons (Fsp3) is 0.429. The van der Waals surface area contributed by atoms with Crippen molar-refractivity contribution in [1.29, 1.82) is 0 Å². The van der Waals surface area contributed by atoms with Crippen molar-refractivity contribution in [3.8, 4) is 0 Å². The Morgan fingerprint density at radius 3 is 2.65 bits per heavy atom. The summed E-state index contributed by atoms with van der Waals surface area (Å²) in [5, 5.41) is 17.2. The largest absolute Gasteiger partial charge is 0.481 e. The van der Waals surface area contributed by atoms with Gasteiger partial charge in [0.25, 0.3) is 0 Å². The molecule has 110 valence electrons. The maximum atomic E-state index is 11.7. The van der Waals surface area contributed by atoms with Crippen molar-refractivity contribution in [2.24, 2.45) is 0 Å². The number of rotatable bonds is 8. The van der Waals surface area contributed by atoms with E-state index in [1.54, 1.807) is 12.1 Å². The minimum Gasteiger partial charge on any atom is -0.481 e. The fourth-order valence-electron chi connectivity index (χ4n) is 1.74. The molecule has 0 saturated heterocycles. The van der Waals surface area contributed by atoms with Gasteiger partial charge in [-0.15, -0.1) is 0 Å². The van der Waals surface area contributed by atoms with Crippen molar-refractivity contribution in [3.63, 3.8) is 0 Å². The fourth-order valence-corrected chi connectivity index (χ4v) is 1.74. The van der Waals surface area contributed by atoms with E-state index in [0.717, 1.165) is 18.5 Å². The molecule has 6 heteroatoms. The zero-order chi connectivity index (χ0) is 14.8. The molecule has 2 amide bonds. The lowest BCUT2D eigenvalue weighted by atomic mass is 10.1. The third-order valence-electron chi connectivity index (χ3n) is 2.76. The molecule has 0 unspecified atom stereocenters. The summed E-state index contributed by atoms with van der Waals surface area (Å²) in [6.07, 6.45) is 1.29. The number of carboxylic acids is 1. The molecule has 0 atom stereocenters. The van der Waals surface area contributed by atoms with Crippen LogP contribution in [-0.2, 0) is 11.2 Å². The Morgan fingerprint density at radius 2 is 1.95 bits per heavy atom. The molecule has 1 rings (SSSR count). The van der Waals surface area contributed by atoms with E-state index in [2.05, 4.69) is 16.0 Å². The molecule has 0 aromatic heterocycles. The third kappa shape index (κ3) is 6.19. The van der Waals surface area contributed by atoms with Crippen molar-refractivity contribution in [2.45, 2.75) is 19.3 Å². The van der Waals surface area contributed by atoms with E-state index in [4.69, 9.17) is 5.11 Å². The number of aryl methyl sites for hydroxylation is 1. The number of hydrogen-bond donors (Lipinski definition) is 4. The Kier molecular flexibility index (Phi) is 7.13. The predicted octanol–water partition coefficient (Wildman–Crippen LogP) is 1.43. The summed E-state index contributed by atoms with van der Waals surface area (Å²) in [4.78, 5) is 22.3. The first-order valence-electron chi connectivity index (χ1n) is 6.62. The molecule has 0 fully saturated rings. The first-order valence-corrected chi connectivity index (χ1v) is 6.62. The van der Waals surface area contributed by atoms with Crippen LogP contribution in [0.25, 0.3) is 0 Å². The van der Waals surface area contributed by atoms with Crippen molar-refractivity contribution in [2.75, 3.05) is 25.5 Å². The van der Waals surface area contributed by atoms with E-state index in [1.165, 1.54) is 0 Å². The summed E-state index contributed by atoms with van der Waals surface area (Å²) < 4.78 is 0. The van der Waals surface area contributed by atoms with Gasteiger partial charge in [0, 0.05) is 18.7 Å². The first kappa shape index (κ1) is 16.0. The number of carboxylic acid groups (broad SMARTS) is 1. The molecule has 0 aliphatic heterocycles. The van der Waals surface area contributed by atoms with E-state index >= 15 is 0 Å². The number of carbonyl (C=O) groups excluding carboxylic acids is 1. The molecule has 20 heavy (non-hydrogen) atoms. The minimum absolute atomic E-state index is 0.0441. The summed E-state index contributed by atoms with van der Waals surface area (Å²) in [6, 6.07) is 6.95. The SMILES string of the molecule is CNCCCNC(=O)Nc1ccccc1CCC(=O)O. The molecule has 0 heterocycles. The highest BCUT2D eigenvalue weighted by Crippen LogP contribution is 2.16. The van der Waals surface area contributed by atoms with Gasteiger partial charge in [-0.1, -0.05) is 18.2 Å². The van der Waals surface area contributed by atoms with Crippen molar-refractivity contribution >= 4 is 17.7 Å². The van der Waals surface area contributed by atoms with Crippen LogP contribution in [0.2, 0.25) is 0 Å².